The van der Waals surface area contributed by atoms with E-state index in [2.05, 4.69) is 149 Å². The number of aromatic nitrogens is 4. The molecule has 3 aromatic heterocycles. The zero-order valence-corrected chi connectivity index (χ0v) is 26.6. The summed E-state index contributed by atoms with van der Waals surface area (Å²) in [6.45, 7) is 0. The Bertz CT molecular complexity index is 2570. The number of allylic oxidation sites excluding steroid dienone is 5. The SMILES string of the molecule is C1=CC=CC(c2c3nc(c(-c4ccccc4)c4ccc([nH]4)c(-c4ccccc4)c4nc(c(-c5ccccc5)c5ccc2[nH]5)C=C4)C=C3)=CC=1. The van der Waals surface area contributed by atoms with Gasteiger partial charge >= 0.3 is 0 Å². The van der Waals surface area contributed by atoms with E-state index in [-0.39, 0.29) is 0 Å². The minimum absolute atomic E-state index is 0.883. The highest BCUT2D eigenvalue weighted by Gasteiger charge is 2.18. The molecule has 6 aromatic rings. The zero-order valence-electron chi connectivity index (χ0n) is 26.6. The average Bonchev–Trinajstić information content (AvgIpc) is 3.97. The van der Waals surface area contributed by atoms with E-state index in [1.54, 1.807) is 0 Å². The average molecular weight is 627 g/mol. The van der Waals surface area contributed by atoms with Crippen molar-refractivity contribution >= 4 is 51.9 Å². The molecule has 9 rings (SSSR count). The lowest BCUT2D eigenvalue weighted by Crippen LogP contribution is -1.91. The van der Waals surface area contributed by atoms with Crippen molar-refractivity contribution in [2.45, 2.75) is 0 Å². The molecule has 4 heteroatoms. The summed E-state index contributed by atoms with van der Waals surface area (Å²) >= 11 is 0. The van der Waals surface area contributed by atoms with Gasteiger partial charge in [0.15, 0.2) is 0 Å². The fourth-order valence-corrected chi connectivity index (χ4v) is 6.86. The van der Waals surface area contributed by atoms with Gasteiger partial charge in [-0.25, -0.2) is 9.97 Å². The van der Waals surface area contributed by atoms with Gasteiger partial charge in [0.2, 0.25) is 0 Å². The summed E-state index contributed by atoms with van der Waals surface area (Å²) in [5, 5.41) is 0. The van der Waals surface area contributed by atoms with Gasteiger partial charge in [0, 0.05) is 44.3 Å². The quantitative estimate of drug-likeness (QED) is 0.191. The zero-order chi connectivity index (χ0) is 32.6. The van der Waals surface area contributed by atoms with Gasteiger partial charge in [-0.15, -0.1) is 5.73 Å². The number of H-pyrrole nitrogens is 2. The molecule has 49 heavy (non-hydrogen) atoms. The van der Waals surface area contributed by atoms with E-state index in [4.69, 9.17) is 9.97 Å². The van der Waals surface area contributed by atoms with Crippen LogP contribution in [0.4, 0.5) is 0 Å². The molecule has 4 nitrogen and oxygen atoms in total. The van der Waals surface area contributed by atoms with E-state index in [0.29, 0.717) is 0 Å². The molecule has 0 spiro atoms. The van der Waals surface area contributed by atoms with Crippen LogP contribution in [-0.4, -0.2) is 19.9 Å². The normalized spacial score (nSPS) is 13.1. The van der Waals surface area contributed by atoms with Crippen molar-refractivity contribution in [3.8, 4) is 33.4 Å². The summed E-state index contributed by atoms with van der Waals surface area (Å²) in [5.74, 6) is 0. The van der Waals surface area contributed by atoms with Crippen LogP contribution in [0.3, 0.4) is 0 Å². The summed E-state index contributed by atoms with van der Waals surface area (Å²) in [6.07, 6.45) is 18.6. The molecule has 3 aromatic carbocycles. The number of hydrogen-bond acceptors (Lipinski definition) is 2. The predicted octanol–water partition coefficient (Wildman–Crippen LogP) is 11.3. The van der Waals surface area contributed by atoms with Gasteiger partial charge in [0.1, 0.15) is 0 Å². The van der Waals surface area contributed by atoms with Crippen LogP contribution in [0.2, 0.25) is 0 Å². The summed E-state index contributed by atoms with van der Waals surface area (Å²) in [6, 6.07) is 40.1. The number of rotatable bonds is 4. The minimum Gasteiger partial charge on any atom is -0.354 e. The van der Waals surface area contributed by atoms with Crippen LogP contribution in [0.15, 0.2) is 151 Å². The Labute approximate surface area is 284 Å². The minimum atomic E-state index is 0.883. The van der Waals surface area contributed by atoms with Crippen molar-refractivity contribution in [2.75, 3.05) is 0 Å². The van der Waals surface area contributed by atoms with E-state index < -0.39 is 0 Å². The number of nitrogens with zero attached hydrogens (tertiary/aromatic N) is 2. The number of benzene rings is 3. The number of nitrogens with one attached hydrogen (secondary N) is 2. The van der Waals surface area contributed by atoms with E-state index >= 15 is 0 Å². The van der Waals surface area contributed by atoms with E-state index in [0.717, 1.165) is 89.4 Å². The van der Waals surface area contributed by atoms with Crippen molar-refractivity contribution in [1.82, 2.24) is 19.9 Å². The largest absolute Gasteiger partial charge is 0.354 e. The molecule has 5 heterocycles. The second-order valence-corrected chi connectivity index (χ2v) is 12.1. The first-order valence-corrected chi connectivity index (χ1v) is 16.4. The molecule has 8 bridgehead atoms. The Hall–Kier alpha value is -6.74. The van der Waals surface area contributed by atoms with Crippen molar-refractivity contribution in [1.29, 1.82) is 0 Å². The summed E-state index contributed by atoms with van der Waals surface area (Å²) in [4.78, 5) is 18.3. The molecular weight excluding hydrogens is 597 g/mol. The van der Waals surface area contributed by atoms with Crippen molar-refractivity contribution < 1.29 is 0 Å². The summed E-state index contributed by atoms with van der Waals surface area (Å²) in [7, 11) is 0. The summed E-state index contributed by atoms with van der Waals surface area (Å²) < 4.78 is 0. The Balaban J connectivity index is 1.48. The third-order valence-electron chi connectivity index (χ3n) is 9.06. The molecule has 230 valence electrons. The van der Waals surface area contributed by atoms with Crippen LogP contribution in [-0.2, 0) is 0 Å². The van der Waals surface area contributed by atoms with Crippen LogP contribution >= 0.6 is 0 Å². The third-order valence-corrected chi connectivity index (χ3v) is 9.06. The number of hydrogen-bond donors (Lipinski definition) is 2. The highest BCUT2D eigenvalue weighted by Crippen LogP contribution is 2.37. The van der Waals surface area contributed by atoms with E-state index in [9.17, 15) is 0 Å². The number of fused-ring (bicyclic) bond motifs is 8. The maximum absolute atomic E-state index is 5.36. The van der Waals surface area contributed by atoms with Gasteiger partial charge in [-0.05, 0) is 89.1 Å². The monoisotopic (exact) mass is 626 g/mol. The first kappa shape index (κ1) is 28.5. The van der Waals surface area contributed by atoms with Gasteiger partial charge in [0.25, 0.3) is 0 Å². The standard InChI is InChI=1S/C45H30N4/c1-2-7-15-30(14-6-1)42-34-22-24-36(46-34)43(31-16-8-3-9-17-31)38-26-28-40(48-38)45(33-20-12-5-13-21-33)41-29-27-39(49-41)44(32-18-10-4-11-19-32)37-25-23-35(42)47-37/h1,3-29,46,49H. The first-order chi connectivity index (χ1) is 24.3. The number of aromatic amines is 2. The van der Waals surface area contributed by atoms with Gasteiger partial charge in [-0.3, -0.25) is 0 Å². The van der Waals surface area contributed by atoms with Gasteiger partial charge in [0.05, 0.1) is 22.8 Å². The maximum Gasteiger partial charge on any atom is 0.0737 e. The fourth-order valence-electron chi connectivity index (χ4n) is 6.86. The smallest absolute Gasteiger partial charge is 0.0737 e. The molecule has 0 radical (unpaired) electrons. The van der Waals surface area contributed by atoms with E-state index in [1.165, 1.54) is 0 Å². The molecule has 0 saturated carbocycles. The third kappa shape index (κ3) is 5.23. The van der Waals surface area contributed by atoms with Gasteiger partial charge < -0.3 is 9.97 Å². The van der Waals surface area contributed by atoms with Crippen LogP contribution in [0, 0.1) is 0 Å². The Kier molecular flexibility index (Phi) is 7.05. The molecule has 0 fully saturated rings. The molecular formula is C45H30N4. The molecule has 1 aliphatic carbocycles. The Morgan fingerprint density at radius 3 is 1.20 bits per heavy atom. The Morgan fingerprint density at radius 1 is 0.388 bits per heavy atom. The predicted molar refractivity (Wildman–Crippen MR) is 205 cm³/mol. The molecule has 2 aliphatic heterocycles. The molecule has 0 unspecified atom stereocenters. The molecule has 0 amide bonds. The first-order valence-electron chi connectivity index (χ1n) is 16.4. The molecule has 2 N–H and O–H groups in total. The highest BCUT2D eigenvalue weighted by molar-refractivity contribution is 5.99. The topological polar surface area (TPSA) is 57.4 Å². The highest BCUT2D eigenvalue weighted by atomic mass is 14.8. The Morgan fingerprint density at radius 2 is 0.776 bits per heavy atom. The molecule has 0 atom stereocenters. The lowest BCUT2D eigenvalue weighted by Gasteiger charge is -2.07. The lowest BCUT2D eigenvalue weighted by molar-refractivity contribution is 1.30. The van der Waals surface area contributed by atoms with Gasteiger partial charge in [-0.2, -0.15) is 0 Å². The fraction of sp³-hybridized carbons (Fsp3) is 0. The van der Waals surface area contributed by atoms with E-state index in [1.807, 2.05) is 36.4 Å². The van der Waals surface area contributed by atoms with Crippen molar-refractivity contribution in [3.63, 3.8) is 0 Å². The maximum atomic E-state index is 5.36. The van der Waals surface area contributed by atoms with Crippen LogP contribution in [0.5, 0.6) is 0 Å². The second-order valence-electron chi connectivity index (χ2n) is 12.1. The van der Waals surface area contributed by atoms with Crippen LogP contribution < -0.4 is 0 Å². The van der Waals surface area contributed by atoms with Crippen molar-refractivity contribution in [3.05, 3.63) is 180 Å². The van der Waals surface area contributed by atoms with Crippen LogP contribution in [0.25, 0.3) is 85.3 Å². The molecule has 0 saturated heterocycles. The summed E-state index contributed by atoms with van der Waals surface area (Å²) in [5.41, 5.74) is 19.1. The van der Waals surface area contributed by atoms with Gasteiger partial charge in [-0.1, -0.05) is 103 Å². The van der Waals surface area contributed by atoms with Crippen LogP contribution in [0.1, 0.15) is 28.3 Å². The molecule has 3 aliphatic rings. The van der Waals surface area contributed by atoms with Crippen molar-refractivity contribution in [2.24, 2.45) is 0 Å². The lowest BCUT2D eigenvalue weighted by atomic mass is 10.0. The second kappa shape index (κ2) is 12.1.